The van der Waals surface area contributed by atoms with E-state index >= 15 is 0 Å². The van der Waals surface area contributed by atoms with E-state index in [0.717, 1.165) is 52.5 Å². The van der Waals surface area contributed by atoms with Gasteiger partial charge in [-0.3, -0.25) is 9.69 Å². The van der Waals surface area contributed by atoms with E-state index in [0.29, 0.717) is 12.3 Å². The zero-order valence-corrected chi connectivity index (χ0v) is 15.5. The third-order valence-corrected chi connectivity index (χ3v) is 5.92. The minimum absolute atomic E-state index is 0.130. The van der Waals surface area contributed by atoms with Crippen LogP contribution in [0, 0.1) is 0 Å². The van der Waals surface area contributed by atoms with Gasteiger partial charge < -0.3 is 10.0 Å². The molecule has 0 atom stereocenters. The van der Waals surface area contributed by atoms with E-state index in [1.807, 2.05) is 35.2 Å². The molecule has 0 saturated carbocycles. The second-order valence-electron chi connectivity index (χ2n) is 6.61. The summed E-state index contributed by atoms with van der Waals surface area (Å²) in [5.74, 6) is 0.439. The van der Waals surface area contributed by atoms with Crippen molar-refractivity contribution in [1.82, 2.24) is 14.8 Å². The minimum atomic E-state index is 0.130. The molecule has 5 nitrogen and oxygen atoms in total. The fourth-order valence-electron chi connectivity index (χ4n) is 3.30. The van der Waals surface area contributed by atoms with Crippen molar-refractivity contribution in [2.45, 2.75) is 13.5 Å². The number of carbonyl (C=O) groups excluding carboxylic acids is 1. The Balaban J connectivity index is 1.54. The van der Waals surface area contributed by atoms with Gasteiger partial charge in [0.1, 0.15) is 10.8 Å². The lowest BCUT2D eigenvalue weighted by Gasteiger charge is -2.34. The first-order chi connectivity index (χ1) is 12.6. The number of piperazine rings is 1. The van der Waals surface area contributed by atoms with Gasteiger partial charge in [0.2, 0.25) is 5.91 Å². The van der Waals surface area contributed by atoms with Crippen molar-refractivity contribution in [1.29, 1.82) is 0 Å². The van der Waals surface area contributed by atoms with Crippen molar-refractivity contribution >= 4 is 27.5 Å². The minimum Gasteiger partial charge on any atom is -0.508 e. The van der Waals surface area contributed by atoms with Crippen molar-refractivity contribution in [3.8, 4) is 16.3 Å². The molecule has 2 heterocycles. The number of amides is 1. The van der Waals surface area contributed by atoms with Crippen LogP contribution in [-0.2, 0) is 11.3 Å². The molecular formula is C20H21N3O2S. The lowest BCUT2D eigenvalue weighted by molar-refractivity contribution is -0.130. The fraction of sp³-hybridized carbons (Fsp3) is 0.300. The van der Waals surface area contributed by atoms with Crippen LogP contribution >= 0.6 is 11.3 Å². The van der Waals surface area contributed by atoms with E-state index in [9.17, 15) is 9.90 Å². The molecule has 3 aromatic rings. The normalized spacial score (nSPS) is 15.5. The topological polar surface area (TPSA) is 56.7 Å². The van der Waals surface area contributed by atoms with Crippen LogP contribution in [0.3, 0.4) is 0 Å². The lowest BCUT2D eigenvalue weighted by Crippen LogP contribution is -2.47. The quantitative estimate of drug-likeness (QED) is 0.771. The number of thiazole rings is 1. The monoisotopic (exact) mass is 367 g/mol. The van der Waals surface area contributed by atoms with E-state index < -0.39 is 0 Å². The summed E-state index contributed by atoms with van der Waals surface area (Å²) in [6, 6.07) is 13.8. The van der Waals surface area contributed by atoms with E-state index in [1.165, 1.54) is 0 Å². The first-order valence-corrected chi connectivity index (χ1v) is 9.57. The third kappa shape index (κ3) is 3.43. The lowest BCUT2D eigenvalue weighted by atomic mass is 10.1. The molecule has 1 aromatic heterocycles. The number of rotatable bonds is 3. The number of aromatic nitrogens is 1. The SMILES string of the molecule is CC(=O)N1CCN(Cc2cc(-c3nc4ccccc4s3)ccc2O)CC1. The van der Waals surface area contributed by atoms with Crippen LogP contribution in [0.5, 0.6) is 5.75 Å². The van der Waals surface area contributed by atoms with Crippen LogP contribution in [0.1, 0.15) is 12.5 Å². The summed E-state index contributed by atoms with van der Waals surface area (Å²) in [7, 11) is 0. The summed E-state index contributed by atoms with van der Waals surface area (Å²) >= 11 is 1.66. The third-order valence-electron chi connectivity index (χ3n) is 4.83. The maximum Gasteiger partial charge on any atom is 0.219 e. The highest BCUT2D eigenvalue weighted by Gasteiger charge is 2.19. The van der Waals surface area contributed by atoms with Crippen LogP contribution in [0.25, 0.3) is 20.8 Å². The second-order valence-corrected chi connectivity index (χ2v) is 7.64. The highest BCUT2D eigenvalue weighted by atomic mass is 32.1. The Kier molecular flexibility index (Phi) is 4.61. The summed E-state index contributed by atoms with van der Waals surface area (Å²) in [5, 5.41) is 11.3. The number of hydrogen-bond acceptors (Lipinski definition) is 5. The van der Waals surface area contributed by atoms with Gasteiger partial charge in [0.15, 0.2) is 0 Å². The van der Waals surface area contributed by atoms with Gasteiger partial charge in [0.05, 0.1) is 10.2 Å². The Morgan fingerprint density at radius 1 is 1.15 bits per heavy atom. The molecule has 2 aromatic carbocycles. The van der Waals surface area contributed by atoms with Crippen molar-refractivity contribution in [3.05, 3.63) is 48.0 Å². The van der Waals surface area contributed by atoms with Crippen LogP contribution < -0.4 is 0 Å². The standard InChI is InChI=1S/C20H21N3O2S/c1-14(24)23-10-8-22(9-11-23)13-16-12-15(6-7-18(16)25)20-21-17-4-2-3-5-19(17)26-20/h2-7,12,25H,8-11,13H2,1H3. The Morgan fingerprint density at radius 2 is 1.92 bits per heavy atom. The molecule has 0 radical (unpaired) electrons. The van der Waals surface area contributed by atoms with Crippen LogP contribution in [0.2, 0.25) is 0 Å². The van der Waals surface area contributed by atoms with Gasteiger partial charge in [0, 0.05) is 50.8 Å². The molecule has 6 heteroatoms. The average Bonchev–Trinajstić information content (AvgIpc) is 3.08. The highest BCUT2D eigenvalue weighted by molar-refractivity contribution is 7.21. The maximum atomic E-state index is 11.5. The van der Waals surface area contributed by atoms with Gasteiger partial charge in [-0.2, -0.15) is 0 Å². The number of aromatic hydroxyl groups is 1. The molecule has 1 aliphatic rings. The molecule has 1 aliphatic heterocycles. The number of carbonyl (C=O) groups is 1. The van der Waals surface area contributed by atoms with E-state index in [4.69, 9.17) is 4.98 Å². The summed E-state index contributed by atoms with van der Waals surface area (Å²) in [6.07, 6.45) is 0. The first kappa shape index (κ1) is 17.0. The van der Waals surface area contributed by atoms with Gasteiger partial charge in [-0.25, -0.2) is 4.98 Å². The molecule has 0 spiro atoms. The Hall–Kier alpha value is -2.44. The zero-order chi connectivity index (χ0) is 18.1. The molecule has 26 heavy (non-hydrogen) atoms. The van der Waals surface area contributed by atoms with Crippen LogP contribution in [-0.4, -0.2) is 52.0 Å². The summed E-state index contributed by atoms with van der Waals surface area (Å²) in [6.45, 7) is 5.43. The van der Waals surface area contributed by atoms with Crippen LogP contribution in [0.15, 0.2) is 42.5 Å². The Morgan fingerprint density at radius 3 is 2.65 bits per heavy atom. The predicted molar refractivity (Wildman–Crippen MR) is 104 cm³/mol. The molecule has 0 bridgehead atoms. The molecule has 0 aliphatic carbocycles. The summed E-state index contributed by atoms with van der Waals surface area (Å²) in [5.41, 5.74) is 2.93. The van der Waals surface area contributed by atoms with Crippen molar-refractivity contribution in [3.63, 3.8) is 0 Å². The number of fused-ring (bicyclic) bond motifs is 1. The maximum absolute atomic E-state index is 11.5. The molecule has 1 N–H and O–H groups in total. The zero-order valence-electron chi connectivity index (χ0n) is 14.7. The smallest absolute Gasteiger partial charge is 0.219 e. The summed E-state index contributed by atoms with van der Waals surface area (Å²) < 4.78 is 1.16. The number of hydrogen-bond donors (Lipinski definition) is 1. The number of benzene rings is 2. The molecule has 0 unspecified atom stereocenters. The number of phenols is 1. The molecule has 1 saturated heterocycles. The Bertz CT molecular complexity index is 912. The first-order valence-electron chi connectivity index (χ1n) is 8.76. The molecule has 134 valence electrons. The summed E-state index contributed by atoms with van der Waals surface area (Å²) in [4.78, 5) is 20.3. The average molecular weight is 367 g/mol. The predicted octanol–water partition coefficient (Wildman–Crippen LogP) is 3.33. The van der Waals surface area contributed by atoms with E-state index in [-0.39, 0.29) is 5.91 Å². The Labute approximate surface area is 156 Å². The van der Waals surface area contributed by atoms with Gasteiger partial charge in [0.25, 0.3) is 0 Å². The van der Waals surface area contributed by atoms with Crippen LogP contribution in [0.4, 0.5) is 0 Å². The van der Waals surface area contributed by atoms with Gasteiger partial charge >= 0.3 is 0 Å². The number of nitrogens with zero attached hydrogens (tertiary/aromatic N) is 3. The highest BCUT2D eigenvalue weighted by Crippen LogP contribution is 2.32. The van der Waals surface area contributed by atoms with Gasteiger partial charge in [-0.1, -0.05) is 12.1 Å². The number of para-hydroxylation sites is 1. The van der Waals surface area contributed by atoms with Crippen molar-refractivity contribution in [2.75, 3.05) is 26.2 Å². The second kappa shape index (κ2) is 7.05. The van der Waals surface area contributed by atoms with Gasteiger partial charge in [-0.05, 0) is 30.3 Å². The fourth-order valence-corrected chi connectivity index (χ4v) is 4.26. The molecule has 4 rings (SSSR count). The van der Waals surface area contributed by atoms with E-state index in [1.54, 1.807) is 24.3 Å². The van der Waals surface area contributed by atoms with Crippen molar-refractivity contribution in [2.24, 2.45) is 0 Å². The van der Waals surface area contributed by atoms with E-state index in [2.05, 4.69) is 11.0 Å². The molecule has 1 amide bonds. The van der Waals surface area contributed by atoms with Crippen molar-refractivity contribution < 1.29 is 9.90 Å². The largest absolute Gasteiger partial charge is 0.508 e. The molecular weight excluding hydrogens is 346 g/mol. The molecule has 1 fully saturated rings. The van der Waals surface area contributed by atoms with Gasteiger partial charge in [-0.15, -0.1) is 11.3 Å². The number of phenolic OH excluding ortho intramolecular Hbond substituents is 1.